The molecule has 0 aliphatic carbocycles. The normalized spacial score (nSPS) is 15.0. The van der Waals surface area contributed by atoms with Crippen molar-refractivity contribution in [1.29, 1.82) is 0 Å². The SMILES string of the molecule is Cc1ccc(COc2c(Br)cc(/C=C3\C(=O)NC(=S)N(c4ccccc4F)C3=O)cc2Br)cc1. The minimum Gasteiger partial charge on any atom is -0.487 e. The molecule has 3 aromatic rings. The summed E-state index contributed by atoms with van der Waals surface area (Å²) in [6.45, 7) is 2.39. The molecule has 1 heterocycles. The zero-order chi connectivity index (χ0) is 24.4. The van der Waals surface area contributed by atoms with Crippen molar-refractivity contribution in [3.63, 3.8) is 0 Å². The summed E-state index contributed by atoms with van der Waals surface area (Å²) in [5.74, 6) is -1.43. The Kier molecular flexibility index (Phi) is 7.25. The summed E-state index contributed by atoms with van der Waals surface area (Å²) in [4.78, 5) is 26.6. The van der Waals surface area contributed by atoms with Gasteiger partial charge in [0.15, 0.2) is 5.11 Å². The van der Waals surface area contributed by atoms with E-state index in [0.717, 1.165) is 10.5 Å². The van der Waals surface area contributed by atoms with Gasteiger partial charge in [-0.05, 0) is 92.5 Å². The summed E-state index contributed by atoms with van der Waals surface area (Å²) in [5, 5.41) is 2.27. The molecule has 0 bridgehead atoms. The van der Waals surface area contributed by atoms with E-state index in [9.17, 15) is 14.0 Å². The number of amides is 2. The molecule has 1 aliphatic rings. The molecule has 0 saturated carbocycles. The minimum atomic E-state index is -0.717. The van der Waals surface area contributed by atoms with Crippen molar-refractivity contribution in [1.82, 2.24) is 5.32 Å². The van der Waals surface area contributed by atoms with Crippen LogP contribution in [-0.2, 0) is 16.2 Å². The van der Waals surface area contributed by atoms with E-state index in [2.05, 4.69) is 37.2 Å². The number of carbonyl (C=O) groups is 2. The van der Waals surface area contributed by atoms with Crippen LogP contribution < -0.4 is 15.0 Å². The highest BCUT2D eigenvalue weighted by Crippen LogP contribution is 2.36. The largest absolute Gasteiger partial charge is 0.487 e. The number of nitrogens with one attached hydrogen (secondary N) is 1. The van der Waals surface area contributed by atoms with Gasteiger partial charge in [0.25, 0.3) is 11.8 Å². The molecule has 4 rings (SSSR count). The van der Waals surface area contributed by atoms with E-state index in [1.165, 1.54) is 29.8 Å². The first-order valence-electron chi connectivity index (χ1n) is 10.1. The van der Waals surface area contributed by atoms with Gasteiger partial charge >= 0.3 is 0 Å². The Balaban J connectivity index is 1.61. The molecular weight excluding hydrogens is 587 g/mol. The first-order chi connectivity index (χ1) is 16.2. The number of aryl methyl sites for hydroxylation is 1. The summed E-state index contributed by atoms with van der Waals surface area (Å²) in [7, 11) is 0. The van der Waals surface area contributed by atoms with Gasteiger partial charge in [0.2, 0.25) is 0 Å². The lowest BCUT2D eigenvalue weighted by molar-refractivity contribution is -0.122. The van der Waals surface area contributed by atoms with Crippen LogP contribution in [0.2, 0.25) is 0 Å². The number of nitrogens with zero attached hydrogens (tertiary/aromatic N) is 1. The van der Waals surface area contributed by atoms with Gasteiger partial charge in [-0.25, -0.2) is 9.29 Å². The van der Waals surface area contributed by atoms with Crippen molar-refractivity contribution in [2.45, 2.75) is 13.5 Å². The molecule has 2 amide bonds. The Labute approximate surface area is 217 Å². The van der Waals surface area contributed by atoms with E-state index in [0.29, 0.717) is 26.9 Å². The third kappa shape index (κ3) is 5.11. The Bertz CT molecular complexity index is 1320. The average molecular weight is 604 g/mol. The van der Waals surface area contributed by atoms with Crippen molar-refractivity contribution >= 4 is 72.8 Å². The van der Waals surface area contributed by atoms with Crippen LogP contribution in [-0.4, -0.2) is 16.9 Å². The predicted octanol–water partition coefficient (Wildman–Crippen LogP) is 6.07. The number of carbonyl (C=O) groups excluding carboxylic acids is 2. The molecule has 3 aromatic carbocycles. The van der Waals surface area contributed by atoms with Crippen LogP contribution >= 0.6 is 44.1 Å². The number of halogens is 3. The molecule has 5 nitrogen and oxygen atoms in total. The number of hydrogen-bond donors (Lipinski definition) is 1. The Hall–Kier alpha value is -2.88. The highest BCUT2D eigenvalue weighted by molar-refractivity contribution is 9.11. The lowest BCUT2D eigenvalue weighted by atomic mass is 10.1. The Morgan fingerprint density at radius 2 is 1.71 bits per heavy atom. The number of rotatable bonds is 5. The number of hydrogen-bond acceptors (Lipinski definition) is 4. The monoisotopic (exact) mass is 602 g/mol. The quantitative estimate of drug-likeness (QED) is 0.218. The van der Waals surface area contributed by atoms with Crippen molar-refractivity contribution in [2.75, 3.05) is 4.90 Å². The highest BCUT2D eigenvalue weighted by atomic mass is 79.9. The Morgan fingerprint density at radius 3 is 2.35 bits per heavy atom. The second-order valence-corrected chi connectivity index (χ2v) is 9.59. The fourth-order valence-electron chi connectivity index (χ4n) is 3.32. The van der Waals surface area contributed by atoms with Crippen LogP contribution in [0.5, 0.6) is 5.75 Å². The lowest BCUT2D eigenvalue weighted by Crippen LogP contribution is -2.54. The zero-order valence-electron chi connectivity index (χ0n) is 17.8. The maximum atomic E-state index is 14.3. The fraction of sp³-hybridized carbons (Fsp3) is 0.0800. The van der Waals surface area contributed by atoms with E-state index in [4.69, 9.17) is 17.0 Å². The van der Waals surface area contributed by atoms with E-state index in [1.807, 2.05) is 31.2 Å². The van der Waals surface area contributed by atoms with Gasteiger partial charge in [-0.2, -0.15) is 0 Å². The number of anilines is 1. The molecule has 1 saturated heterocycles. The molecule has 0 radical (unpaired) electrons. The first kappa shape index (κ1) is 24.3. The number of thiocarbonyl (C=S) groups is 1. The van der Waals surface area contributed by atoms with Crippen molar-refractivity contribution < 1.29 is 18.7 Å². The first-order valence-corrected chi connectivity index (χ1v) is 12.1. The van der Waals surface area contributed by atoms with Crippen LogP contribution in [0.3, 0.4) is 0 Å². The van der Waals surface area contributed by atoms with Gasteiger partial charge in [0.05, 0.1) is 14.6 Å². The predicted molar refractivity (Wildman–Crippen MR) is 140 cm³/mol. The molecule has 172 valence electrons. The van der Waals surface area contributed by atoms with Gasteiger partial charge < -0.3 is 4.74 Å². The topological polar surface area (TPSA) is 58.6 Å². The van der Waals surface area contributed by atoms with Crippen LogP contribution in [0, 0.1) is 12.7 Å². The second-order valence-electron chi connectivity index (χ2n) is 7.50. The molecule has 0 aromatic heterocycles. The molecule has 1 fully saturated rings. The lowest BCUT2D eigenvalue weighted by Gasteiger charge is -2.29. The molecule has 1 N–H and O–H groups in total. The number of benzene rings is 3. The third-order valence-corrected chi connectivity index (χ3v) is 6.49. The van der Waals surface area contributed by atoms with Gasteiger partial charge in [0.1, 0.15) is 23.7 Å². The van der Waals surface area contributed by atoms with E-state index in [-0.39, 0.29) is 16.4 Å². The van der Waals surface area contributed by atoms with Gasteiger partial charge in [-0.15, -0.1) is 0 Å². The summed E-state index contributed by atoms with van der Waals surface area (Å²) in [5.41, 5.74) is 2.53. The van der Waals surface area contributed by atoms with Crippen LogP contribution in [0.4, 0.5) is 10.1 Å². The standard InChI is InChI=1S/C25H17Br2FN2O3S/c1-14-6-8-15(9-7-14)13-33-22-18(26)11-16(12-19(22)27)10-17-23(31)29-25(34)30(24(17)32)21-5-3-2-4-20(21)28/h2-12H,13H2,1H3,(H,29,31,34)/b17-10+. The molecule has 0 unspecified atom stereocenters. The fourth-order valence-corrected chi connectivity index (χ4v) is 5.04. The molecular formula is C25H17Br2FN2O3S. The molecule has 34 heavy (non-hydrogen) atoms. The average Bonchev–Trinajstić information content (AvgIpc) is 2.78. The minimum absolute atomic E-state index is 0.0365. The molecule has 0 atom stereocenters. The Morgan fingerprint density at radius 1 is 1.06 bits per heavy atom. The maximum absolute atomic E-state index is 14.3. The zero-order valence-corrected chi connectivity index (χ0v) is 21.8. The number of para-hydroxylation sites is 1. The van der Waals surface area contributed by atoms with E-state index >= 15 is 0 Å². The van der Waals surface area contributed by atoms with Crippen LogP contribution in [0.25, 0.3) is 6.08 Å². The molecule has 1 aliphatic heterocycles. The summed E-state index contributed by atoms with van der Waals surface area (Å²) in [6, 6.07) is 17.2. The molecule has 9 heteroatoms. The van der Waals surface area contributed by atoms with Gasteiger partial charge in [-0.3, -0.25) is 14.9 Å². The van der Waals surface area contributed by atoms with Gasteiger partial charge in [0, 0.05) is 0 Å². The van der Waals surface area contributed by atoms with Crippen LogP contribution in [0.15, 0.2) is 75.2 Å². The molecule has 0 spiro atoms. The summed E-state index contributed by atoms with van der Waals surface area (Å²) < 4.78 is 21.5. The number of ether oxygens (including phenoxy) is 1. The van der Waals surface area contributed by atoms with Crippen molar-refractivity contribution in [3.05, 3.63) is 97.7 Å². The van der Waals surface area contributed by atoms with Crippen molar-refractivity contribution in [3.8, 4) is 5.75 Å². The van der Waals surface area contributed by atoms with Crippen molar-refractivity contribution in [2.24, 2.45) is 0 Å². The van der Waals surface area contributed by atoms with Crippen LogP contribution in [0.1, 0.15) is 16.7 Å². The summed E-state index contributed by atoms with van der Waals surface area (Å²) >= 11 is 12.1. The van der Waals surface area contributed by atoms with E-state index < -0.39 is 17.6 Å². The third-order valence-electron chi connectivity index (χ3n) is 5.03. The van der Waals surface area contributed by atoms with E-state index in [1.54, 1.807) is 18.2 Å². The second kappa shape index (κ2) is 10.2. The highest BCUT2D eigenvalue weighted by Gasteiger charge is 2.35. The maximum Gasteiger partial charge on any atom is 0.270 e. The smallest absolute Gasteiger partial charge is 0.270 e. The summed E-state index contributed by atoms with van der Waals surface area (Å²) in [6.07, 6.45) is 1.42. The van der Waals surface area contributed by atoms with Gasteiger partial charge in [-0.1, -0.05) is 42.0 Å².